The van der Waals surface area contributed by atoms with E-state index in [4.69, 9.17) is 10.5 Å². The minimum absolute atomic E-state index is 0.233. The third-order valence-electron chi connectivity index (χ3n) is 3.39. The van der Waals surface area contributed by atoms with Crippen LogP contribution in [0.2, 0.25) is 0 Å². The quantitative estimate of drug-likeness (QED) is 0.835. The first-order valence-electron chi connectivity index (χ1n) is 6.35. The van der Waals surface area contributed by atoms with Crippen LogP contribution >= 0.6 is 0 Å². The van der Waals surface area contributed by atoms with E-state index in [1.807, 2.05) is 18.2 Å². The summed E-state index contributed by atoms with van der Waals surface area (Å²) in [4.78, 5) is 2.13. The fourth-order valence-corrected chi connectivity index (χ4v) is 3.54. The van der Waals surface area contributed by atoms with Gasteiger partial charge in [-0.3, -0.25) is 4.90 Å². The molecule has 1 saturated heterocycles. The number of rotatable bonds is 3. The van der Waals surface area contributed by atoms with E-state index in [1.165, 1.54) is 0 Å². The van der Waals surface area contributed by atoms with Crippen LogP contribution in [0.3, 0.4) is 0 Å². The zero-order valence-corrected chi connectivity index (χ0v) is 11.9. The minimum Gasteiger partial charge on any atom is -0.497 e. The maximum atomic E-state index is 11.6. The molecule has 1 aromatic rings. The van der Waals surface area contributed by atoms with Crippen molar-refractivity contribution < 1.29 is 13.2 Å². The van der Waals surface area contributed by atoms with Gasteiger partial charge in [-0.15, -0.1) is 0 Å². The molecule has 0 bridgehead atoms. The van der Waals surface area contributed by atoms with Crippen LogP contribution in [0.15, 0.2) is 18.2 Å². The molecule has 5 nitrogen and oxygen atoms in total. The van der Waals surface area contributed by atoms with Crippen molar-refractivity contribution in [2.24, 2.45) is 0 Å². The molecule has 0 saturated carbocycles. The van der Waals surface area contributed by atoms with E-state index in [-0.39, 0.29) is 11.5 Å². The summed E-state index contributed by atoms with van der Waals surface area (Å²) in [6, 6.07) is 5.56. The third-order valence-corrected chi connectivity index (χ3v) is 5.11. The summed E-state index contributed by atoms with van der Waals surface area (Å²) in [7, 11) is -1.25. The van der Waals surface area contributed by atoms with Gasteiger partial charge in [-0.1, -0.05) is 0 Å². The lowest BCUT2D eigenvalue weighted by Crippen LogP contribution is -2.27. The topological polar surface area (TPSA) is 72.6 Å². The molecule has 1 fully saturated rings. The normalized spacial score (nSPS) is 19.8. The van der Waals surface area contributed by atoms with Gasteiger partial charge in [-0.25, -0.2) is 8.42 Å². The smallest absolute Gasteiger partial charge is 0.151 e. The van der Waals surface area contributed by atoms with Crippen molar-refractivity contribution in [3.63, 3.8) is 0 Å². The van der Waals surface area contributed by atoms with Crippen molar-refractivity contribution in [3.8, 4) is 5.75 Å². The molecule has 0 radical (unpaired) electrons. The summed E-state index contributed by atoms with van der Waals surface area (Å²) in [5, 5.41) is 0. The molecular weight excluding hydrogens is 264 g/mol. The molecule has 0 unspecified atom stereocenters. The number of ether oxygens (including phenoxy) is 1. The Hall–Kier alpha value is -1.27. The van der Waals surface area contributed by atoms with Crippen LogP contribution in [-0.4, -0.2) is 45.0 Å². The van der Waals surface area contributed by atoms with Gasteiger partial charge in [0.05, 0.1) is 18.6 Å². The van der Waals surface area contributed by atoms with Crippen molar-refractivity contribution in [1.29, 1.82) is 0 Å². The van der Waals surface area contributed by atoms with E-state index in [1.54, 1.807) is 7.11 Å². The molecule has 106 valence electrons. The zero-order chi connectivity index (χ0) is 13.9. The Kier molecular flexibility index (Phi) is 4.31. The van der Waals surface area contributed by atoms with Crippen LogP contribution in [0.4, 0.5) is 5.69 Å². The highest BCUT2D eigenvalue weighted by Gasteiger charge is 2.19. The molecule has 1 aromatic carbocycles. The van der Waals surface area contributed by atoms with Crippen LogP contribution < -0.4 is 10.5 Å². The van der Waals surface area contributed by atoms with Gasteiger partial charge in [0.25, 0.3) is 0 Å². The van der Waals surface area contributed by atoms with Crippen LogP contribution in [-0.2, 0) is 16.4 Å². The Morgan fingerprint density at radius 3 is 2.84 bits per heavy atom. The van der Waals surface area contributed by atoms with Gasteiger partial charge in [-0.2, -0.15) is 0 Å². The summed E-state index contributed by atoms with van der Waals surface area (Å²) < 4.78 is 28.3. The van der Waals surface area contributed by atoms with Crippen molar-refractivity contribution in [2.45, 2.75) is 13.0 Å². The molecule has 2 rings (SSSR count). The largest absolute Gasteiger partial charge is 0.497 e. The number of benzene rings is 1. The van der Waals surface area contributed by atoms with Crippen LogP contribution in [0.5, 0.6) is 5.75 Å². The molecular formula is C13H20N2O3S. The summed E-state index contributed by atoms with van der Waals surface area (Å²) in [6.45, 7) is 2.02. The first kappa shape index (κ1) is 14.1. The van der Waals surface area contributed by atoms with Gasteiger partial charge in [0, 0.05) is 18.8 Å². The van der Waals surface area contributed by atoms with Crippen molar-refractivity contribution >= 4 is 15.5 Å². The Balaban J connectivity index is 2.08. The van der Waals surface area contributed by atoms with Gasteiger partial charge in [0.15, 0.2) is 9.84 Å². The van der Waals surface area contributed by atoms with Gasteiger partial charge in [0.1, 0.15) is 5.75 Å². The highest BCUT2D eigenvalue weighted by atomic mass is 32.2. The maximum Gasteiger partial charge on any atom is 0.151 e. The minimum atomic E-state index is -2.86. The molecule has 1 aliphatic rings. The number of methoxy groups -OCH3 is 1. The Morgan fingerprint density at radius 2 is 2.11 bits per heavy atom. The standard InChI is InChI=1S/C13H20N2O3S/c1-18-12-3-4-13(14)11(9-12)10-15-5-2-7-19(16,17)8-6-15/h3-4,9H,2,5-8,10,14H2,1H3. The predicted molar refractivity (Wildman–Crippen MR) is 76.0 cm³/mol. The van der Waals surface area contributed by atoms with Crippen molar-refractivity contribution in [2.75, 3.05) is 37.4 Å². The monoisotopic (exact) mass is 284 g/mol. The molecule has 0 atom stereocenters. The van der Waals surface area contributed by atoms with Crippen LogP contribution in [0.1, 0.15) is 12.0 Å². The highest BCUT2D eigenvalue weighted by Crippen LogP contribution is 2.21. The number of anilines is 1. The first-order valence-corrected chi connectivity index (χ1v) is 8.17. The Bertz CT molecular complexity index is 543. The molecule has 0 amide bonds. The fraction of sp³-hybridized carbons (Fsp3) is 0.538. The highest BCUT2D eigenvalue weighted by molar-refractivity contribution is 7.91. The number of hydrogen-bond donors (Lipinski definition) is 1. The molecule has 6 heteroatoms. The lowest BCUT2D eigenvalue weighted by Gasteiger charge is -2.20. The molecule has 2 N–H and O–H groups in total. The molecule has 0 aromatic heterocycles. The fourth-order valence-electron chi connectivity index (χ4n) is 2.24. The van der Waals surface area contributed by atoms with Crippen LogP contribution in [0.25, 0.3) is 0 Å². The second-order valence-corrected chi connectivity index (χ2v) is 7.15. The van der Waals surface area contributed by atoms with E-state index < -0.39 is 9.84 Å². The van der Waals surface area contributed by atoms with E-state index in [2.05, 4.69) is 4.90 Å². The molecule has 0 spiro atoms. The number of sulfone groups is 1. The zero-order valence-electron chi connectivity index (χ0n) is 11.1. The Labute approximate surface area is 114 Å². The summed E-state index contributed by atoms with van der Waals surface area (Å²) >= 11 is 0. The lowest BCUT2D eigenvalue weighted by molar-refractivity contribution is 0.287. The average molecular weight is 284 g/mol. The number of nitrogens with zero attached hydrogens (tertiary/aromatic N) is 1. The van der Waals surface area contributed by atoms with Gasteiger partial charge < -0.3 is 10.5 Å². The van der Waals surface area contributed by atoms with Gasteiger partial charge >= 0.3 is 0 Å². The number of nitrogen functional groups attached to an aromatic ring is 1. The van der Waals surface area contributed by atoms with Gasteiger partial charge in [-0.05, 0) is 36.7 Å². The van der Waals surface area contributed by atoms with E-state index >= 15 is 0 Å². The molecule has 1 aliphatic heterocycles. The van der Waals surface area contributed by atoms with Crippen molar-refractivity contribution in [1.82, 2.24) is 4.90 Å². The lowest BCUT2D eigenvalue weighted by atomic mass is 10.1. The maximum absolute atomic E-state index is 11.6. The van der Waals surface area contributed by atoms with E-state index in [9.17, 15) is 8.42 Å². The molecule has 1 heterocycles. The number of hydrogen-bond acceptors (Lipinski definition) is 5. The second-order valence-electron chi connectivity index (χ2n) is 4.85. The third kappa shape index (κ3) is 3.84. The van der Waals surface area contributed by atoms with Crippen LogP contribution in [0, 0.1) is 0 Å². The Morgan fingerprint density at radius 1 is 1.32 bits per heavy atom. The second kappa shape index (κ2) is 5.79. The summed E-state index contributed by atoms with van der Waals surface area (Å²) in [6.07, 6.45) is 0.687. The first-order chi connectivity index (χ1) is 9.00. The summed E-state index contributed by atoms with van der Waals surface area (Å²) in [5.41, 5.74) is 7.65. The molecule has 19 heavy (non-hydrogen) atoms. The van der Waals surface area contributed by atoms with E-state index in [0.717, 1.165) is 17.9 Å². The number of nitrogens with two attached hydrogens (primary N) is 1. The summed E-state index contributed by atoms with van der Waals surface area (Å²) in [5.74, 6) is 1.29. The average Bonchev–Trinajstić information content (AvgIpc) is 2.54. The predicted octanol–water partition coefficient (Wildman–Crippen LogP) is 0.898. The molecule has 0 aliphatic carbocycles. The van der Waals surface area contributed by atoms with Gasteiger partial charge in [0.2, 0.25) is 0 Å². The van der Waals surface area contributed by atoms with E-state index in [0.29, 0.717) is 25.2 Å². The van der Waals surface area contributed by atoms with Crippen molar-refractivity contribution in [3.05, 3.63) is 23.8 Å². The SMILES string of the molecule is COc1ccc(N)c(CN2CCCS(=O)(=O)CC2)c1.